The van der Waals surface area contributed by atoms with Crippen LogP contribution in [0.3, 0.4) is 0 Å². The van der Waals surface area contributed by atoms with E-state index in [1.165, 1.54) is 0 Å². The molecule has 1 aliphatic heterocycles. The van der Waals surface area contributed by atoms with Crippen LogP contribution in [0.4, 0.5) is 0 Å². The first kappa shape index (κ1) is 16.4. The molecule has 1 saturated heterocycles. The summed E-state index contributed by atoms with van der Waals surface area (Å²) in [5.41, 5.74) is 0. The molecule has 0 aromatic rings. The number of aliphatic hydroxyl groups is 2. The summed E-state index contributed by atoms with van der Waals surface area (Å²) in [5.74, 6) is 0.971. The molecule has 1 amide bonds. The zero-order chi connectivity index (χ0) is 14.6. The minimum absolute atomic E-state index is 0.0868. The van der Waals surface area contributed by atoms with Gasteiger partial charge in [0.1, 0.15) is 0 Å². The second kappa shape index (κ2) is 7.22. The summed E-state index contributed by atoms with van der Waals surface area (Å²) in [6, 6.07) is 0. The predicted octanol–water partition coefficient (Wildman–Crippen LogP) is 0.164. The molecule has 0 spiro atoms. The lowest BCUT2D eigenvalue weighted by atomic mass is 10.1. The summed E-state index contributed by atoms with van der Waals surface area (Å²) in [4.78, 5) is 16.0. The predicted molar refractivity (Wildman–Crippen MR) is 74.7 cm³/mol. The molecule has 2 unspecified atom stereocenters. The van der Waals surface area contributed by atoms with Crippen LogP contribution in [-0.2, 0) is 4.79 Å². The highest BCUT2D eigenvalue weighted by molar-refractivity contribution is 5.78. The second-order valence-corrected chi connectivity index (χ2v) is 6.42. The van der Waals surface area contributed by atoms with E-state index in [4.69, 9.17) is 0 Å². The third-order valence-corrected chi connectivity index (χ3v) is 3.22. The Kier molecular flexibility index (Phi) is 6.23. The van der Waals surface area contributed by atoms with Gasteiger partial charge in [-0.15, -0.1) is 0 Å². The number of hydrogen-bond donors (Lipinski definition) is 2. The van der Waals surface area contributed by atoms with Crippen LogP contribution in [0.25, 0.3) is 0 Å². The van der Waals surface area contributed by atoms with Crippen LogP contribution in [-0.4, -0.2) is 70.9 Å². The fraction of sp³-hybridized carbons (Fsp3) is 0.929. The lowest BCUT2D eigenvalue weighted by Gasteiger charge is -2.28. The first-order valence-corrected chi connectivity index (χ1v) is 7.15. The van der Waals surface area contributed by atoms with Crippen molar-refractivity contribution in [3.05, 3.63) is 0 Å². The zero-order valence-corrected chi connectivity index (χ0v) is 12.5. The zero-order valence-electron chi connectivity index (χ0n) is 12.5. The van der Waals surface area contributed by atoms with Gasteiger partial charge in [-0.1, -0.05) is 27.7 Å². The Hall–Kier alpha value is -0.650. The highest BCUT2D eigenvalue weighted by atomic mass is 16.3. The lowest BCUT2D eigenvalue weighted by molar-refractivity contribution is -0.133. The maximum atomic E-state index is 12.3. The van der Waals surface area contributed by atoms with Crippen LogP contribution >= 0.6 is 0 Å². The number of rotatable bonds is 6. The van der Waals surface area contributed by atoms with Crippen molar-refractivity contribution in [3.8, 4) is 0 Å². The van der Waals surface area contributed by atoms with Gasteiger partial charge < -0.3 is 15.1 Å². The normalized spacial score (nSPS) is 24.4. The van der Waals surface area contributed by atoms with E-state index in [0.717, 1.165) is 13.1 Å². The third-order valence-electron chi connectivity index (χ3n) is 3.22. The largest absolute Gasteiger partial charge is 0.389 e. The van der Waals surface area contributed by atoms with E-state index in [0.29, 0.717) is 24.9 Å². The molecule has 0 saturated carbocycles. The quantitative estimate of drug-likeness (QED) is 0.723. The van der Waals surface area contributed by atoms with E-state index in [1.54, 1.807) is 0 Å². The summed E-state index contributed by atoms with van der Waals surface area (Å²) in [7, 11) is 0. The van der Waals surface area contributed by atoms with Crippen molar-refractivity contribution < 1.29 is 15.0 Å². The number of nitrogens with zero attached hydrogens (tertiary/aromatic N) is 2. The van der Waals surface area contributed by atoms with Gasteiger partial charge in [0.15, 0.2) is 0 Å². The minimum Gasteiger partial charge on any atom is -0.389 e. The second-order valence-electron chi connectivity index (χ2n) is 6.42. The minimum atomic E-state index is -0.726. The average molecular weight is 272 g/mol. The molecule has 1 aliphatic rings. The van der Waals surface area contributed by atoms with Crippen molar-refractivity contribution in [2.75, 3.05) is 32.7 Å². The monoisotopic (exact) mass is 272 g/mol. The van der Waals surface area contributed by atoms with E-state index < -0.39 is 12.2 Å². The van der Waals surface area contributed by atoms with Crippen LogP contribution in [0.1, 0.15) is 27.7 Å². The van der Waals surface area contributed by atoms with Gasteiger partial charge in [0.05, 0.1) is 18.8 Å². The van der Waals surface area contributed by atoms with Gasteiger partial charge >= 0.3 is 0 Å². The smallest absolute Gasteiger partial charge is 0.236 e. The van der Waals surface area contributed by atoms with Crippen LogP contribution < -0.4 is 0 Å². The van der Waals surface area contributed by atoms with Crippen molar-refractivity contribution in [1.29, 1.82) is 0 Å². The van der Waals surface area contributed by atoms with Crippen molar-refractivity contribution in [1.82, 2.24) is 9.80 Å². The molecule has 5 nitrogen and oxygen atoms in total. The molecule has 0 bridgehead atoms. The fourth-order valence-corrected chi connectivity index (χ4v) is 2.43. The highest BCUT2D eigenvalue weighted by Crippen LogP contribution is 2.11. The van der Waals surface area contributed by atoms with E-state index >= 15 is 0 Å². The number of hydrogen-bond acceptors (Lipinski definition) is 4. The fourth-order valence-electron chi connectivity index (χ4n) is 2.43. The maximum absolute atomic E-state index is 12.3. The SMILES string of the molecule is CC(C)CN(CC(C)C)C(=O)CN1CC(O)C(O)C1. The number of β-amino-alcohol motifs (C(OH)–C–C–N with tert-alkyl or cyclic N) is 2. The van der Waals surface area contributed by atoms with Gasteiger partial charge in [-0.2, -0.15) is 0 Å². The molecule has 2 N–H and O–H groups in total. The molecule has 1 fully saturated rings. The van der Waals surface area contributed by atoms with Crippen molar-refractivity contribution in [2.45, 2.75) is 39.9 Å². The van der Waals surface area contributed by atoms with Gasteiger partial charge in [-0.3, -0.25) is 9.69 Å². The molecule has 0 radical (unpaired) electrons. The Balaban J connectivity index is 2.51. The standard InChI is InChI=1S/C14H28N2O3/c1-10(2)5-16(6-11(3)4)14(19)9-15-7-12(17)13(18)8-15/h10-13,17-18H,5-9H2,1-4H3. The summed E-state index contributed by atoms with van der Waals surface area (Å²) in [6.45, 7) is 11.0. The first-order valence-electron chi connectivity index (χ1n) is 7.15. The van der Waals surface area contributed by atoms with Gasteiger partial charge in [-0.25, -0.2) is 0 Å². The third kappa shape index (κ3) is 5.47. The Morgan fingerprint density at radius 3 is 1.89 bits per heavy atom. The number of carbonyl (C=O) groups excluding carboxylic acids is 1. The van der Waals surface area contributed by atoms with Gasteiger partial charge in [0.25, 0.3) is 0 Å². The molecular weight excluding hydrogens is 244 g/mol. The molecule has 0 aromatic carbocycles. The summed E-state index contributed by atoms with van der Waals surface area (Å²) >= 11 is 0. The molecular formula is C14H28N2O3. The van der Waals surface area contributed by atoms with Gasteiger partial charge in [-0.05, 0) is 11.8 Å². The van der Waals surface area contributed by atoms with Crippen LogP contribution in [0.5, 0.6) is 0 Å². The van der Waals surface area contributed by atoms with Gasteiger partial charge in [0, 0.05) is 26.2 Å². The molecule has 0 aromatic heterocycles. The van der Waals surface area contributed by atoms with E-state index in [2.05, 4.69) is 27.7 Å². The average Bonchev–Trinajstić information content (AvgIpc) is 2.55. The molecule has 19 heavy (non-hydrogen) atoms. The Bertz CT molecular complexity index is 274. The van der Waals surface area contributed by atoms with Gasteiger partial charge in [0.2, 0.25) is 5.91 Å². The molecule has 1 rings (SSSR count). The van der Waals surface area contributed by atoms with E-state index in [1.807, 2.05) is 9.80 Å². The molecule has 0 aliphatic carbocycles. The molecule has 5 heteroatoms. The van der Waals surface area contributed by atoms with Crippen LogP contribution in [0, 0.1) is 11.8 Å². The Labute approximate surface area is 116 Å². The summed E-state index contributed by atoms with van der Waals surface area (Å²) in [6.07, 6.45) is -1.45. The van der Waals surface area contributed by atoms with Crippen LogP contribution in [0.2, 0.25) is 0 Å². The topological polar surface area (TPSA) is 64.0 Å². The molecule has 1 heterocycles. The van der Waals surface area contributed by atoms with Crippen LogP contribution in [0.15, 0.2) is 0 Å². The Morgan fingerprint density at radius 1 is 1.11 bits per heavy atom. The first-order chi connectivity index (χ1) is 8.79. The van der Waals surface area contributed by atoms with E-state index in [-0.39, 0.29) is 12.5 Å². The number of carbonyl (C=O) groups is 1. The lowest BCUT2D eigenvalue weighted by Crippen LogP contribution is -2.43. The number of likely N-dealkylation sites (tertiary alicyclic amines) is 1. The maximum Gasteiger partial charge on any atom is 0.236 e. The summed E-state index contributed by atoms with van der Waals surface area (Å²) < 4.78 is 0. The van der Waals surface area contributed by atoms with E-state index in [9.17, 15) is 15.0 Å². The van der Waals surface area contributed by atoms with Crippen molar-refractivity contribution >= 4 is 5.91 Å². The number of aliphatic hydroxyl groups excluding tert-OH is 2. The van der Waals surface area contributed by atoms with Crippen molar-refractivity contribution in [2.24, 2.45) is 11.8 Å². The summed E-state index contributed by atoms with van der Waals surface area (Å²) in [5, 5.41) is 19.0. The molecule has 2 atom stereocenters. The Morgan fingerprint density at radius 2 is 1.53 bits per heavy atom. The highest BCUT2D eigenvalue weighted by Gasteiger charge is 2.31. The number of amides is 1. The molecule has 112 valence electrons. The van der Waals surface area contributed by atoms with Crippen molar-refractivity contribution in [3.63, 3.8) is 0 Å².